The van der Waals surface area contributed by atoms with Crippen LogP contribution >= 0.6 is 15.9 Å². The Labute approximate surface area is 122 Å². The normalized spacial score (nSPS) is 11.9. The van der Waals surface area contributed by atoms with Crippen molar-refractivity contribution in [3.63, 3.8) is 0 Å². The van der Waals surface area contributed by atoms with E-state index in [0.717, 1.165) is 15.6 Å². The van der Waals surface area contributed by atoms with Crippen LogP contribution in [-0.2, 0) is 0 Å². The fourth-order valence-corrected chi connectivity index (χ4v) is 2.34. The number of carbonyl (C=O) groups excluding carboxylic acids is 1. The van der Waals surface area contributed by atoms with E-state index in [2.05, 4.69) is 21.2 Å². The Morgan fingerprint density at radius 1 is 1.16 bits per heavy atom. The van der Waals surface area contributed by atoms with E-state index in [1.54, 1.807) is 0 Å². The van der Waals surface area contributed by atoms with Crippen LogP contribution in [0.4, 0.5) is 0 Å². The standard InChI is InChI=1S/C16H16BrNO/c1-11-8-9-15(17)14(10-11)16(19)18-12(2)13-6-4-3-5-7-13/h3-10,12H,1-2H3,(H,18,19). The Morgan fingerprint density at radius 3 is 2.53 bits per heavy atom. The lowest BCUT2D eigenvalue weighted by Gasteiger charge is -2.15. The topological polar surface area (TPSA) is 29.1 Å². The molecule has 0 spiro atoms. The third-order valence-electron chi connectivity index (χ3n) is 3.01. The summed E-state index contributed by atoms with van der Waals surface area (Å²) in [6, 6.07) is 15.7. The van der Waals surface area contributed by atoms with Crippen molar-refractivity contribution in [1.29, 1.82) is 0 Å². The lowest BCUT2D eigenvalue weighted by atomic mass is 10.1. The van der Waals surface area contributed by atoms with Crippen LogP contribution in [0.15, 0.2) is 53.0 Å². The first-order chi connectivity index (χ1) is 9.08. The first-order valence-corrected chi connectivity index (χ1v) is 6.99. The molecule has 0 aromatic heterocycles. The zero-order chi connectivity index (χ0) is 13.8. The molecule has 0 heterocycles. The van der Waals surface area contributed by atoms with Gasteiger partial charge in [-0.15, -0.1) is 0 Å². The van der Waals surface area contributed by atoms with Crippen LogP contribution in [0.3, 0.4) is 0 Å². The first kappa shape index (κ1) is 13.8. The molecule has 0 aliphatic heterocycles. The fourth-order valence-electron chi connectivity index (χ4n) is 1.91. The van der Waals surface area contributed by atoms with Crippen molar-refractivity contribution in [3.05, 3.63) is 69.7 Å². The minimum absolute atomic E-state index is 0.0129. The molecular formula is C16H16BrNO. The molecule has 0 aliphatic carbocycles. The van der Waals surface area contributed by atoms with Crippen LogP contribution < -0.4 is 5.32 Å². The number of aryl methyl sites for hydroxylation is 1. The second kappa shape index (κ2) is 6.02. The highest BCUT2D eigenvalue weighted by molar-refractivity contribution is 9.10. The molecule has 0 aliphatic rings. The summed E-state index contributed by atoms with van der Waals surface area (Å²) in [6.45, 7) is 3.96. The quantitative estimate of drug-likeness (QED) is 0.901. The number of benzene rings is 2. The zero-order valence-corrected chi connectivity index (χ0v) is 12.6. The van der Waals surface area contributed by atoms with Crippen LogP contribution in [0.5, 0.6) is 0 Å². The number of nitrogens with one attached hydrogen (secondary N) is 1. The van der Waals surface area contributed by atoms with Crippen LogP contribution in [0.25, 0.3) is 0 Å². The largest absolute Gasteiger partial charge is 0.345 e. The summed E-state index contributed by atoms with van der Waals surface area (Å²) in [5.74, 6) is -0.0630. The van der Waals surface area contributed by atoms with Gasteiger partial charge in [0.2, 0.25) is 0 Å². The van der Waals surface area contributed by atoms with Crippen molar-refractivity contribution < 1.29 is 4.79 Å². The number of amides is 1. The van der Waals surface area contributed by atoms with Crippen LogP contribution in [0, 0.1) is 6.92 Å². The minimum atomic E-state index is -0.0630. The van der Waals surface area contributed by atoms with Gasteiger partial charge in [0.1, 0.15) is 0 Å². The molecule has 98 valence electrons. The second-order valence-corrected chi connectivity index (χ2v) is 5.44. The lowest BCUT2D eigenvalue weighted by molar-refractivity contribution is 0.0939. The number of halogens is 1. The van der Waals surface area contributed by atoms with Gasteiger partial charge in [-0.05, 0) is 47.5 Å². The molecule has 1 amide bonds. The van der Waals surface area contributed by atoms with Gasteiger partial charge < -0.3 is 5.32 Å². The predicted octanol–water partition coefficient (Wildman–Crippen LogP) is 4.25. The van der Waals surface area contributed by atoms with E-state index >= 15 is 0 Å². The minimum Gasteiger partial charge on any atom is -0.345 e. The maximum atomic E-state index is 12.3. The molecule has 0 radical (unpaired) electrons. The smallest absolute Gasteiger partial charge is 0.252 e. The van der Waals surface area contributed by atoms with Gasteiger partial charge in [0.25, 0.3) is 5.91 Å². The summed E-state index contributed by atoms with van der Waals surface area (Å²) in [5.41, 5.74) is 2.84. The molecule has 0 bridgehead atoms. The Morgan fingerprint density at radius 2 is 1.84 bits per heavy atom. The average Bonchev–Trinajstić information content (AvgIpc) is 2.42. The zero-order valence-electron chi connectivity index (χ0n) is 11.0. The molecule has 3 heteroatoms. The van der Waals surface area contributed by atoms with Crippen LogP contribution in [0.2, 0.25) is 0 Å². The van der Waals surface area contributed by atoms with E-state index in [0.29, 0.717) is 5.56 Å². The molecule has 1 N–H and O–H groups in total. The van der Waals surface area contributed by atoms with Crippen LogP contribution in [-0.4, -0.2) is 5.91 Å². The summed E-state index contributed by atoms with van der Waals surface area (Å²) in [4.78, 5) is 12.3. The molecule has 0 saturated heterocycles. The van der Waals surface area contributed by atoms with E-state index in [1.807, 2.05) is 62.4 Å². The van der Waals surface area contributed by atoms with Gasteiger partial charge in [0, 0.05) is 4.47 Å². The molecule has 0 saturated carbocycles. The maximum Gasteiger partial charge on any atom is 0.252 e. The SMILES string of the molecule is Cc1ccc(Br)c(C(=O)NC(C)c2ccccc2)c1. The highest BCUT2D eigenvalue weighted by Crippen LogP contribution is 2.19. The highest BCUT2D eigenvalue weighted by atomic mass is 79.9. The van der Waals surface area contributed by atoms with Gasteiger partial charge in [0.15, 0.2) is 0 Å². The molecule has 2 aromatic carbocycles. The van der Waals surface area contributed by atoms with E-state index in [4.69, 9.17) is 0 Å². The molecule has 0 fully saturated rings. The number of hydrogen-bond donors (Lipinski definition) is 1. The fraction of sp³-hybridized carbons (Fsp3) is 0.188. The van der Waals surface area contributed by atoms with Gasteiger partial charge in [-0.2, -0.15) is 0 Å². The van der Waals surface area contributed by atoms with Crippen molar-refractivity contribution in [1.82, 2.24) is 5.32 Å². The Balaban J connectivity index is 2.15. The third-order valence-corrected chi connectivity index (χ3v) is 3.71. The Hall–Kier alpha value is -1.61. The van der Waals surface area contributed by atoms with Crippen molar-refractivity contribution in [2.75, 3.05) is 0 Å². The highest BCUT2D eigenvalue weighted by Gasteiger charge is 2.13. The number of carbonyl (C=O) groups is 1. The molecule has 2 aromatic rings. The Bertz CT molecular complexity index is 581. The summed E-state index contributed by atoms with van der Waals surface area (Å²) in [5, 5.41) is 3.01. The number of rotatable bonds is 3. The van der Waals surface area contributed by atoms with E-state index in [1.165, 1.54) is 0 Å². The van der Waals surface area contributed by atoms with Gasteiger partial charge in [-0.3, -0.25) is 4.79 Å². The maximum absolute atomic E-state index is 12.3. The summed E-state index contributed by atoms with van der Waals surface area (Å²) < 4.78 is 0.816. The third kappa shape index (κ3) is 3.44. The van der Waals surface area contributed by atoms with Crippen molar-refractivity contribution in [2.24, 2.45) is 0 Å². The molecular weight excluding hydrogens is 302 g/mol. The predicted molar refractivity (Wildman–Crippen MR) is 81.2 cm³/mol. The summed E-state index contributed by atoms with van der Waals surface area (Å²) in [7, 11) is 0. The molecule has 19 heavy (non-hydrogen) atoms. The summed E-state index contributed by atoms with van der Waals surface area (Å²) in [6.07, 6.45) is 0. The molecule has 2 rings (SSSR count). The van der Waals surface area contributed by atoms with Crippen LogP contribution in [0.1, 0.15) is 34.5 Å². The lowest BCUT2D eigenvalue weighted by Crippen LogP contribution is -2.27. The van der Waals surface area contributed by atoms with E-state index < -0.39 is 0 Å². The second-order valence-electron chi connectivity index (χ2n) is 4.59. The van der Waals surface area contributed by atoms with Gasteiger partial charge in [-0.25, -0.2) is 0 Å². The van der Waals surface area contributed by atoms with Crippen molar-refractivity contribution in [2.45, 2.75) is 19.9 Å². The molecule has 1 atom stereocenters. The van der Waals surface area contributed by atoms with Crippen molar-refractivity contribution >= 4 is 21.8 Å². The van der Waals surface area contributed by atoms with Gasteiger partial charge in [0.05, 0.1) is 11.6 Å². The van der Waals surface area contributed by atoms with Gasteiger partial charge >= 0.3 is 0 Å². The number of hydrogen-bond acceptors (Lipinski definition) is 1. The molecule has 2 nitrogen and oxygen atoms in total. The summed E-state index contributed by atoms with van der Waals surface area (Å²) >= 11 is 3.42. The monoisotopic (exact) mass is 317 g/mol. The van der Waals surface area contributed by atoms with E-state index in [9.17, 15) is 4.79 Å². The van der Waals surface area contributed by atoms with Gasteiger partial charge in [-0.1, -0.05) is 42.0 Å². The Kier molecular flexibility index (Phi) is 4.38. The van der Waals surface area contributed by atoms with E-state index in [-0.39, 0.29) is 11.9 Å². The molecule has 1 unspecified atom stereocenters. The van der Waals surface area contributed by atoms with Crippen molar-refractivity contribution in [3.8, 4) is 0 Å². The first-order valence-electron chi connectivity index (χ1n) is 6.20. The average molecular weight is 318 g/mol.